The van der Waals surface area contributed by atoms with Crippen molar-refractivity contribution in [2.75, 3.05) is 14.2 Å². The van der Waals surface area contributed by atoms with Crippen LogP contribution in [0.1, 0.15) is 25.7 Å². The van der Waals surface area contributed by atoms with Crippen molar-refractivity contribution in [1.82, 2.24) is 4.72 Å². The van der Waals surface area contributed by atoms with Crippen LogP contribution in [0.25, 0.3) is 0 Å². The lowest BCUT2D eigenvalue weighted by atomic mass is 9.78. The SMILES string of the molecule is COc1ccc(S(=O)(=O)NC(=O)[C@@H]2CCCC[C@@H]2C(F)(F)F)cc1OC. The number of hydrogen-bond acceptors (Lipinski definition) is 5. The van der Waals surface area contributed by atoms with E-state index in [1.807, 2.05) is 0 Å². The first-order valence-electron chi connectivity index (χ1n) is 7.95. The number of ether oxygens (including phenoxy) is 2. The van der Waals surface area contributed by atoms with Crippen molar-refractivity contribution in [2.45, 2.75) is 36.8 Å². The van der Waals surface area contributed by atoms with Crippen LogP contribution in [-0.4, -0.2) is 34.7 Å². The molecule has 0 saturated heterocycles. The molecule has 1 aliphatic carbocycles. The molecule has 10 heteroatoms. The standard InChI is InChI=1S/C16H20F3NO5S/c1-24-13-8-7-10(9-14(13)25-2)26(22,23)20-15(21)11-5-3-4-6-12(11)16(17,18)19/h7-9,11-12H,3-6H2,1-2H3,(H,20,21)/t11-,12+/m1/s1. The fraction of sp³-hybridized carbons (Fsp3) is 0.562. The van der Waals surface area contributed by atoms with Crippen LogP contribution in [-0.2, 0) is 14.8 Å². The van der Waals surface area contributed by atoms with Gasteiger partial charge in [-0.15, -0.1) is 0 Å². The van der Waals surface area contributed by atoms with Gasteiger partial charge in [0.25, 0.3) is 10.0 Å². The number of hydrogen-bond donors (Lipinski definition) is 1. The summed E-state index contributed by atoms with van der Waals surface area (Å²) in [6.45, 7) is 0. The van der Waals surface area contributed by atoms with Gasteiger partial charge in [0, 0.05) is 6.07 Å². The van der Waals surface area contributed by atoms with E-state index in [2.05, 4.69) is 0 Å². The lowest BCUT2D eigenvalue weighted by molar-refractivity contribution is -0.197. The molecule has 0 heterocycles. The molecule has 1 amide bonds. The minimum absolute atomic E-state index is 0.00252. The Kier molecular flexibility index (Phi) is 6.05. The van der Waals surface area contributed by atoms with Gasteiger partial charge in [-0.3, -0.25) is 4.79 Å². The van der Waals surface area contributed by atoms with E-state index < -0.39 is 33.9 Å². The molecule has 0 bridgehead atoms. The predicted molar refractivity (Wildman–Crippen MR) is 86.4 cm³/mol. The van der Waals surface area contributed by atoms with E-state index in [1.54, 1.807) is 4.72 Å². The van der Waals surface area contributed by atoms with Gasteiger partial charge in [-0.2, -0.15) is 13.2 Å². The third-order valence-corrected chi connectivity index (χ3v) is 5.77. The van der Waals surface area contributed by atoms with Crippen molar-refractivity contribution in [3.05, 3.63) is 18.2 Å². The number of rotatable bonds is 5. The van der Waals surface area contributed by atoms with Gasteiger partial charge >= 0.3 is 6.18 Å². The quantitative estimate of drug-likeness (QED) is 0.829. The van der Waals surface area contributed by atoms with Crippen LogP contribution in [0.4, 0.5) is 13.2 Å². The zero-order valence-electron chi connectivity index (χ0n) is 14.3. The number of methoxy groups -OCH3 is 2. The maximum atomic E-state index is 13.1. The van der Waals surface area contributed by atoms with Gasteiger partial charge in [0.2, 0.25) is 5.91 Å². The molecule has 0 aromatic heterocycles. The van der Waals surface area contributed by atoms with Gasteiger partial charge in [-0.05, 0) is 25.0 Å². The van der Waals surface area contributed by atoms with E-state index in [-0.39, 0.29) is 29.2 Å². The second-order valence-electron chi connectivity index (χ2n) is 6.03. The van der Waals surface area contributed by atoms with Crippen molar-refractivity contribution in [3.8, 4) is 11.5 Å². The number of alkyl halides is 3. The Hall–Kier alpha value is -1.97. The van der Waals surface area contributed by atoms with Gasteiger partial charge in [0.1, 0.15) is 0 Å². The van der Waals surface area contributed by atoms with E-state index in [4.69, 9.17) is 9.47 Å². The van der Waals surface area contributed by atoms with Gasteiger partial charge in [0.05, 0.1) is 31.0 Å². The number of carbonyl (C=O) groups excluding carboxylic acids is 1. The normalized spacial score (nSPS) is 21.1. The summed E-state index contributed by atoms with van der Waals surface area (Å²) in [5, 5.41) is 0. The Morgan fingerprint density at radius 2 is 1.73 bits per heavy atom. The van der Waals surface area contributed by atoms with E-state index in [9.17, 15) is 26.4 Å². The number of amides is 1. The van der Waals surface area contributed by atoms with Crippen molar-refractivity contribution in [1.29, 1.82) is 0 Å². The molecule has 1 saturated carbocycles. The summed E-state index contributed by atoms with van der Waals surface area (Å²) < 4.78 is 76.0. The molecule has 1 N–H and O–H groups in total. The molecule has 0 spiro atoms. The molecule has 1 aromatic carbocycles. The van der Waals surface area contributed by atoms with E-state index >= 15 is 0 Å². The summed E-state index contributed by atoms with van der Waals surface area (Å²) >= 11 is 0. The van der Waals surface area contributed by atoms with Gasteiger partial charge in [0.15, 0.2) is 11.5 Å². The average Bonchev–Trinajstić information content (AvgIpc) is 2.59. The average molecular weight is 395 g/mol. The number of halogens is 3. The van der Waals surface area contributed by atoms with Gasteiger partial charge in [-0.25, -0.2) is 13.1 Å². The van der Waals surface area contributed by atoms with Crippen LogP contribution >= 0.6 is 0 Å². The fourth-order valence-electron chi connectivity index (χ4n) is 3.09. The smallest absolute Gasteiger partial charge is 0.392 e. The van der Waals surface area contributed by atoms with Gasteiger partial charge < -0.3 is 9.47 Å². The van der Waals surface area contributed by atoms with Crippen LogP contribution in [0.2, 0.25) is 0 Å². The Bertz CT molecular complexity index is 764. The first-order chi connectivity index (χ1) is 12.1. The lowest BCUT2D eigenvalue weighted by Gasteiger charge is -2.31. The summed E-state index contributed by atoms with van der Waals surface area (Å²) in [7, 11) is -1.66. The lowest BCUT2D eigenvalue weighted by Crippen LogP contribution is -2.44. The molecule has 26 heavy (non-hydrogen) atoms. The fourth-order valence-corrected chi connectivity index (χ4v) is 4.13. The first kappa shape index (κ1) is 20.3. The van der Waals surface area contributed by atoms with Crippen LogP contribution in [0.15, 0.2) is 23.1 Å². The zero-order chi connectivity index (χ0) is 19.5. The summed E-state index contributed by atoms with van der Waals surface area (Å²) in [5.41, 5.74) is 0. The van der Waals surface area contributed by atoms with E-state index in [0.29, 0.717) is 12.8 Å². The molecule has 2 rings (SSSR count). The molecule has 1 fully saturated rings. The van der Waals surface area contributed by atoms with Crippen molar-refractivity contribution < 1.29 is 35.9 Å². The molecule has 1 aliphatic rings. The third kappa shape index (κ3) is 4.40. The van der Waals surface area contributed by atoms with E-state index in [0.717, 1.165) is 6.07 Å². The topological polar surface area (TPSA) is 81.7 Å². The first-order valence-corrected chi connectivity index (χ1v) is 9.44. The summed E-state index contributed by atoms with van der Waals surface area (Å²) in [6.07, 6.45) is -3.93. The van der Waals surface area contributed by atoms with Crippen LogP contribution in [0.5, 0.6) is 11.5 Å². The molecule has 2 atom stereocenters. The molecule has 0 aliphatic heterocycles. The minimum atomic E-state index is -4.55. The molecule has 1 aromatic rings. The van der Waals surface area contributed by atoms with Crippen molar-refractivity contribution in [3.63, 3.8) is 0 Å². The second kappa shape index (κ2) is 7.73. The highest BCUT2D eigenvalue weighted by atomic mass is 32.2. The Morgan fingerprint density at radius 3 is 2.31 bits per heavy atom. The number of benzene rings is 1. The molecule has 146 valence electrons. The van der Waals surface area contributed by atoms with Crippen LogP contribution < -0.4 is 14.2 Å². The van der Waals surface area contributed by atoms with Crippen LogP contribution in [0, 0.1) is 11.8 Å². The summed E-state index contributed by atoms with van der Waals surface area (Å²) in [5.74, 6) is -3.99. The second-order valence-corrected chi connectivity index (χ2v) is 7.71. The Labute approximate surface area is 149 Å². The summed E-state index contributed by atoms with van der Waals surface area (Å²) in [6, 6.07) is 3.65. The van der Waals surface area contributed by atoms with E-state index in [1.165, 1.54) is 26.4 Å². The summed E-state index contributed by atoms with van der Waals surface area (Å²) in [4.78, 5) is 12.0. The highest BCUT2D eigenvalue weighted by Gasteiger charge is 2.48. The molecular weight excluding hydrogens is 375 g/mol. The molecule has 6 nitrogen and oxygen atoms in total. The van der Waals surface area contributed by atoms with Crippen molar-refractivity contribution >= 4 is 15.9 Å². The Morgan fingerprint density at radius 1 is 1.12 bits per heavy atom. The monoisotopic (exact) mass is 395 g/mol. The maximum Gasteiger partial charge on any atom is 0.392 e. The molecule has 0 radical (unpaired) electrons. The van der Waals surface area contributed by atoms with Gasteiger partial charge in [-0.1, -0.05) is 12.8 Å². The maximum absolute atomic E-state index is 13.1. The highest BCUT2D eigenvalue weighted by Crippen LogP contribution is 2.41. The highest BCUT2D eigenvalue weighted by molar-refractivity contribution is 7.90. The Balaban J connectivity index is 2.24. The zero-order valence-corrected chi connectivity index (χ0v) is 15.1. The van der Waals surface area contributed by atoms with Crippen molar-refractivity contribution in [2.24, 2.45) is 11.8 Å². The molecule has 0 unspecified atom stereocenters. The third-order valence-electron chi connectivity index (χ3n) is 4.42. The molecular formula is C16H20F3NO5S. The predicted octanol–water partition coefficient (Wildman–Crippen LogP) is 2.88. The van der Waals surface area contributed by atoms with Crippen LogP contribution in [0.3, 0.4) is 0 Å². The minimum Gasteiger partial charge on any atom is -0.493 e. The number of nitrogens with one attached hydrogen (secondary N) is 1. The number of carbonyl (C=O) groups is 1. The number of sulfonamides is 1. The largest absolute Gasteiger partial charge is 0.493 e.